The smallest absolute Gasteiger partial charge is 0.271 e. The zero-order valence-electron chi connectivity index (χ0n) is 15.6. The van der Waals surface area contributed by atoms with Gasteiger partial charge in [-0.1, -0.05) is 18.2 Å². The highest BCUT2D eigenvalue weighted by Gasteiger charge is 2.24. The highest BCUT2D eigenvalue weighted by Crippen LogP contribution is 2.19. The molecule has 1 atom stereocenters. The molecule has 3 rings (SSSR count). The summed E-state index contributed by atoms with van der Waals surface area (Å²) in [6.07, 6.45) is 4.62. The number of hydrogen-bond acceptors (Lipinski definition) is 3. The normalized spacial score (nSPS) is 18.0. The predicted octanol–water partition coefficient (Wildman–Crippen LogP) is 2.59. The summed E-state index contributed by atoms with van der Waals surface area (Å²) < 4.78 is 15.4. The van der Waals surface area contributed by atoms with Gasteiger partial charge in [0.25, 0.3) is 5.91 Å². The third-order valence-electron chi connectivity index (χ3n) is 5.18. The summed E-state index contributed by atoms with van der Waals surface area (Å²) in [4.78, 5) is 16.7. The van der Waals surface area contributed by atoms with Crippen LogP contribution in [0.25, 0.3) is 0 Å². The molecule has 0 radical (unpaired) electrons. The molecule has 1 fully saturated rings. The fraction of sp³-hybridized carbons (Fsp3) is 0.500. The van der Waals surface area contributed by atoms with Crippen molar-refractivity contribution in [2.45, 2.75) is 19.3 Å². The van der Waals surface area contributed by atoms with Gasteiger partial charge in [-0.3, -0.25) is 9.48 Å². The van der Waals surface area contributed by atoms with E-state index in [1.807, 2.05) is 19.2 Å². The number of carbonyl (C=O) groups excluding carboxylic acids is 1. The van der Waals surface area contributed by atoms with Gasteiger partial charge in [-0.2, -0.15) is 5.10 Å². The quantitative estimate of drug-likeness (QED) is 0.797. The first kappa shape index (κ1) is 18.6. The number of halogens is 1. The van der Waals surface area contributed by atoms with Crippen molar-refractivity contribution in [3.63, 3.8) is 0 Å². The van der Waals surface area contributed by atoms with Gasteiger partial charge in [0.05, 0.1) is 0 Å². The molecule has 0 bridgehead atoms. The average Bonchev–Trinajstić information content (AvgIpc) is 3.06. The van der Waals surface area contributed by atoms with E-state index in [1.54, 1.807) is 35.0 Å². The number of rotatable bonds is 6. The molecule has 1 aromatic carbocycles. The lowest BCUT2D eigenvalue weighted by Gasteiger charge is -2.34. The highest BCUT2D eigenvalue weighted by molar-refractivity contribution is 5.92. The van der Waals surface area contributed by atoms with Gasteiger partial charge in [-0.15, -0.1) is 0 Å². The first-order valence-electron chi connectivity index (χ1n) is 9.24. The molecular formula is C20H27FN4O. The number of aryl methyl sites for hydroxylation is 1. The zero-order valence-corrected chi connectivity index (χ0v) is 15.6. The van der Waals surface area contributed by atoms with E-state index in [0.717, 1.165) is 51.0 Å². The first-order chi connectivity index (χ1) is 12.5. The monoisotopic (exact) mass is 358 g/mol. The molecule has 0 N–H and O–H groups in total. The molecule has 5 nitrogen and oxygen atoms in total. The average molecular weight is 358 g/mol. The molecule has 2 aromatic rings. The van der Waals surface area contributed by atoms with Crippen LogP contribution in [0, 0.1) is 11.7 Å². The number of amides is 1. The number of likely N-dealkylation sites (tertiary alicyclic amines) is 1. The molecule has 6 heteroatoms. The molecule has 1 aliphatic heterocycles. The number of hydrogen-bond donors (Lipinski definition) is 0. The minimum Gasteiger partial charge on any atom is -0.340 e. The Morgan fingerprint density at radius 1 is 1.35 bits per heavy atom. The number of benzene rings is 1. The molecule has 1 aromatic heterocycles. The molecule has 0 aliphatic carbocycles. The van der Waals surface area contributed by atoms with Crippen LogP contribution in [0.2, 0.25) is 0 Å². The maximum Gasteiger partial charge on any atom is 0.271 e. The molecular weight excluding hydrogens is 331 g/mol. The van der Waals surface area contributed by atoms with Crippen molar-refractivity contribution in [1.82, 2.24) is 19.6 Å². The van der Waals surface area contributed by atoms with Crippen molar-refractivity contribution in [3.8, 4) is 0 Å². The summed E-state index contributed by atoms with van der Waals surface area (Å²) in [5.41, 5.74) is 1.39. The van der Waals surface area contributed by atoms with Crippen molar-refractivity contribution in [2.75, 3.05) is 33.2 Å². The standard InChI is InChI=1S/C20H27FN4O/c1-23(20(26)19-9-11-22-24(19)2)14-16-6-5-12-25(15-16)13-10-17-7-3-4-8-18(17)21/h3-4,7-9,11,16H,5-6,10,12-15H2,1-2H3/t16-/m0/s1. The summed E-state index contributed by atoms with van der Waals surface area (Å²) in [7, 11) is 3.64. The summed E-state index contributed by atoms with van der Waals surface area (Å²) in [6.45, 7) is 3.60. The predicted molar refractivity (Wildman–Crippen MR) is 99.4 cm³/mol. The Morgan fingerprint density at radius 2 is 2.15 bits per heavy atom. The van der Waals surface area contributed by atoms with Gasteiger partial charge in [-0.05, 0) is 49.4 Å². The third-order valence-corrected chi connectivity index (χ3v) is 5.18. The fourth-order valence-corrected chi connectivity index (χ4v) is 3.73. The Balaban J connectivity index is 1.51. The van der Waals surface area contributed by atoms with Crippen LogP contribution in [-0.2, 0) is 13.5 Å². The van der Waals surface area contributed by atoms with Gasteiger partial charge in [0.2, 0.25) is 0 Å². The molecule has 1 saturated heterocycles. The topological polar surface area (TPSA) is 41.4 Å². The number of aromatic nitrogens is 2. The summed E-state index contributed by atoms with van der Waals surface area (Å²) >= 11 is 0. The Hall–Kier alpha value is -2.21. The van der Waals surface area contributed by atoms with Crippen molar-refractivity contribution in [1.29, 1.82) is 0 Å². The fourth-order valence-electron chi connectivity index (χ4n) is 3.73. The molecule has 26 heavy (non-hydrogen) atoms. The molecule has 0 spiro atoms. The maximum atomic E-state index is 13.8. The lowest BCUT2D eigenvalue weighted by molar-refractivity contribution is 0.0719. The van der Waals surface area contributed by atoms with E-state index in [4.69, 9.17) is 0 Å². The van der Waals surface area contributed by atoms with E-state index in [9.17, 15) is 9.18 Å². The SMILES string of the molecule is CN(C[C@@H]1CCCN(CCc2ccccc2F)C1)C(=O)c1ccnn1C. The van der Waals surface area contributed by atoms with Crippen molar-refractivity contribution < 1.29 is 9.18 Å². The van der Waals surface area contributed by atoms with Gasteiger partial charge in [0.1, 0.15) is 11.5 Å². The molecule has 140 valence electrons. The zero-order chi connectivity index (χ0) is 18.5. The summed E-state index contributed by atoms with van der Waals surface area (Å²) in [5, 5.41) is 4.07. The second kappa shape index (κ2) is 8.45. The van der Waals surface area contributed by atoms with Crippen molar-refractivity contribution in [3.05, 3.63) is 53.6 Å². The van der Waals surface area contributed by atoms with Crippen molar-refractivity contribution >= 4 is 5.91 Å². The highest BCUT2D eigenvalue weighted by atomic mass is 19.1. The van der Waals surface area contributed by atoms with Gasteiger partial charge >= 0.3 is 0 Å². The largest absolute Gasteiger partial charge is 0.340 e. The second-order valence-electron chi connectivity index (χ2n) is 7.18. The molecule has 1 amide bonds. The lowest BCUT2D eigenvalue weighted by Crippen LogP contribution is -2.42. The van der Waals surface area contributed by atoms with Gasteiger partial charge in [0.15, 0.2) is 0 Å². The summed E-state index contributed by atoms with van der Waals surface area (Å²) in [6, 6.07) is 8.74. The van der Waals surface area contributed by atoms with Gasteiger partial charge in [-0.25, -0.2) is 4.39 Å². The van der Waals surface area contributed by atoms with Crippen molar-refractivity contribution in [2.24, 2.45) is 13.0 Å². The van der Waals surface area contributed by atoms with Crippen LogP contribution < -0.4 is 0 Å². The number of nitrogens with zero attached hydrogens (tertiary/aromatic N) is 4. The molecule has 0 unspecified atom stereocenters. The van der Waals surface area contributed by atoms with Crippen LogP contribution in [0.5, 0.6) is 0 Å². The van der Waals surface area contributed by atoms with E-state index < -0.39 is 0 Å². The Morgan fingerprint density at radius 3 is 2.88 bits per heavy atom. The second-order valence-corrected chi connectivity index (χ2v) is 7.18. The van der Waals surface area contributed by atoms with Crippen LogP contribution >= 0.6 is 0 Å². The van der Waals surface area contributed by atoms with E-state index >= 15 is 0 Å². The number of piperidine rings is 1. The van der Waals surface area contributed by atoms with Crippen LogP contribution in [0.3, 0.4) is 0 Å². The molecule has 2 heterocycles. The van der Waals surface area contributed by atoms with E-state index in [2.05, 4.69) is 10.00 Å². The molecule has 1 aliphatic rings. The van der Waals surface area contributed by atoms with Gasteiger partial charge < -0.3 is 9.80 Å². The third kappa shape index (κ3) is 4.49. The molecule has 0 saturated carbocycles. The Bertz CT molecular complexity index is 745. The Kier molecular flexibility index (Phi) is 6.04. The summed E-state index contributed by atoms with van der Waals surface area (Å²) in [5.74, 6) is 0.336. The van der Waals surface area contributed by atoms with E-state index in [0.29, 0.717) is 11.6 Å². The minimum atomic E-state index is -0.123. The first-order valence-corrected chi connectivity index (χ1v) is 9.24. The van der Waals surface area contributed by atoms with E-state index in [1.165, 1.54) is 6.07 Å². The minimum absolute atomic E-state index is 0.00785. The lowest BCUT2D eigenvalue weighted by atomic mass is 9.97. The maximum absolute atomic E-state index is 13.8. The van der Waals surface area contributed by atoms with Crippen LogP contribution in [0.15, 0.2) is 36.5 Å². The van der Waals surface area contributed by atoms with Crippen LogP contribution in [0.4, 0.5) is 4.39 Å². The van der Waals surface area contributed by atoms with Crippen LogP contribution in [-0.4, -0.2) is 58.7 Å². The Labute approximate surface area is 154 Å². The van der Waals surface area contributed by atoms with Crippen LogP contribution in [0.1, 0.15) is 28.9 Å². The van der Waals surface area contributed by atoms with Gasteiger partial charge in [0, 0.05) is 39.9 Å². The van der Waals surface area contributed by atoms with E-state index in [-0.39, 0.29) is 11.7 Å². The number of carbonyl (C=O) groups is 1.